The van der Waals surface area contributed by atoms with E-state index in [1.54, 1.807) is 60.5 Å². The molecule has 0 fully saturated rings. The van der Waals surface area contributed by atoms with Gasteiger partial charge in [0.2, 0.25) is 0 Å². The van der Waals surface area contributed by atoms with E-state index in [1.807, 2.05) is 6.07 Å². The van der Waals surface area contributed by atoms with Crippen LogP contribution in [0.1, 0.15) is 15.9 Å². The molecule has 3 aromatic carbocycles. The number of anilines is 2. The highest BCUT2D eigenvalue weighted by Crippen LogP contribution is 2.33. The zero-order valence-corrected chi connectivity index (χ0v) is 18.0. The molecule has 0 atom stereocenters. The molecule has 31 heavy (non-hydrogen) atoms. The van der Waals surface area contributed by atoms with E-state index in [-0.39, 0.29) is 10.8 Å². The molecule has 0 unspecified atom stereocenters. The van der Waals surface area contributed by atoms with Crippen molar-refractivity contribution in [2.75, 3.05) is 30.4 Å². The summed E-state index contributed by atoms with van der Waals surface area (Å²) in [5.74, 6) is 1.11. The molecular formula is C23H22N2O5S. The Labute approximate surface area is 181 Å². The molecule has 1 aliphatic rings. The standard InChI is InChI=1S/C23H22N2O5S/c1-29-19-7-4-17(5-8-19)23(26)25-14-13-16-3-6-18(15-22(16)25)24-31(27,28)21-11-9-20(30-2)10-12-21/h3-12,15,24H,13-14H2,1-2H3. The lowest BCUT2D eigenvalue weighted by Gasteiger charge is -2.19. The number of benzene rings is 3. The predicted molar refractivity (Wildman–Crippen MR) is 119 cm³/mol. The fourth-order valence-electron chi connectivity index (χ4n) is 3.51. The number of carbonyl (C=O) groups is 1. The maximum Gasteiger partial charge on any atom is 0.261 e. The summed E-state index contributed by atoms with van der Waals surface area (Å²) in [5, 5.41) is 0. The molecule has 0 bridgehead atoms. The lowest BCUT2D eigenvalue weighted by molar-refractivity contribution is 0.0989. The predicted octanol–water partition coefficient (Wildman–Crippen LogP) is 3.71. The number of amides is 1. The molecule has 1 amide bonds. The second-order valence-corrected chi connectivity index (χ2v) is 8.74. The number of nitrogens with zero attached hydrogens (tertiary/aromatic N) is 1. The summed E-state index contributed by atoms with van der Waals surface area (Å²) in [4.78, 5) is 14.8. The van der Waals surface area contributed by atoms with Crippen LogP contribution in [0, 0.1) is 0 Å². The zero-order valence-electron chi connectivity index (χ0n) is 17.2. The van der Waals surface area contributed by atoms with Crippen molar-refractivity contribution in [3.63, 3.8) is 0 Å². The second kappa shape index (κ2) is 8.31. The van der Waals surface area contributed by atoms with Gasteiger partial charge in [-0.15, -0.1) is 0 Å². The van der Waals surface area contributed by atoms with Crippen LogP contribution >= 0.6 is 0 Å². The normalized spacial score (nSPS) is 12.9. The number of ether oxygens (including phenoxy) is 2. The first kappa shape index (κ1) is 20.7. The van der Waals surface area contributed by atoms with E-state index in [1.165, 1.54) is 19.2 Å². The summed E-state index contributed by atoms with van der Waals surface area (Å²) in [7, 11) is -0.686. The molecule has 3 aromatic rings. The number of rotatable bonds is 6. The van der Waals surface area contributed by atoms with E-state index in [4.69, 9.17) is 9.47 Å². The van der Waals surface area contributed by atoms with Gasteiger partial charge in [0.15, 0.2) is 0 Å². The number of methoxy groups -OCH3 is 2. The smallest absolute Gasteiger partial charge is 0.261 e. The summed E-state index contributed by atoms with van der Waals surface area (Å²) in [6.07, 6.45) is 0.711. The Kier molecular flexibility index (Phi) is 5.56. The fourth-order valence-corrected chi connectivity index (χ4v) is 4.56. The summed E-state index contributed by atoms with van der Waals surface area (Å²) in [6.45, 7) is 0.537. The van der Waals surface area contributed by atoms with Crippen LogP contribution in [0.4, 0.5) is 11.4 Å². The summed E-state index contributed by atoms with van der Waals surface area (Å²) in [5.41, 5.74) is 2.63. The van der Waals surface area contributed by atoms with Crippen molar-refractivity contribution in [1.82, 2.24) is 0 Å². The average Bonchev–Trinajstić information content (AvgIpc) is 3.21. The van der Waals surface area contributed by atoms with Gasteiger partial charge in [-0.05, 0) is 72.6 Å². The van der Waals surface area contributed by atoms with Crippen molar-refractivity contribution >= 4 is 27.3 Å². The van der Waals surface area contributed by atoms with Crippen molar-refractivity contribution in [3.05, 3.63) is 77.9 Å². The van der Waals surface area contributed by atoms with E-state index in [0.29, 0.717) is 41.4 Å². The Balaban J connectivity index is 1.58. The number of sulfonamides is 1. The first-order chi connectivity index (χ1) is 14.9. The summed E-state index contributed by atoms with van der Waals surface area (Å²) >= 11 is 0. The first-order valence-electron chi connectivity index (χ1n) is 9.67. The van der Waals surface area contributed by atoms with Crippen molar-refractivity contribution < 1.29 is 22.7 Å². The van der Waals surface area contributed by atoms with Crippen molar-refractivity contribution in [3.8, 4) is 11.5 Å². The summed E-state index contributed by atoms with van der Waals surface area (Å²) < 4.78 is 38.3. The van der Waals surface area contributed by atoms with Crippen LogP contribution in [0.25, 0.3) is 0 Å². The maximum absolute atomic E-state index is 13.0. The van der Waals surface area contributed by atoms with Crippen LogP contribution in [-0.2, 0) is 16.4 Å². The van der Waals surface area contributed by atoms with Gasteiger partial charge in [0, 0.05) is 17.8 Å². The van der Waals surface area contributed by atoms with E-state index >= 15 is 0 Å². The van der Waals surface area contributed by atoms with E-state index in [0.717, 1.165) is 5.56 Å². The van der Waals surface area contributed by atoms with Crippen LogP contribution in [-0.4, -0.2) is 35.1 Å². The first-order valence-corrected chi connectivity index (χ1v) is 11.2. The van der Waals surface area contributed by atoms with E-state index < -0.39 is 10.0 Å². The lowest BCUT2D eigenvalue weighted by atomic mass is 10.1. The molecule has 0 aliphatic carbocycles. The Morgan fingerprint density at radius 3 is 2.13 bits per heavy atom. The highest BCUT2D eigenvalue weighted by atomic mass is 32.2. The number of nitrogens with one attached hydrogen (secondary N) is 1. The highest BCUT2D eigenvalue weighted by Gasteiger charge is 2.26. The minimum absolute atomic E-state index is 0.125. The Bertz CT molecular complexity index is 1210. The number of fused-ring (bicyclic) bond motifs is 1. The Morgan fingerprint density at radius 1 is 0.903 bits per heavy atom. The minimum atomic E-state index is -3.78. The van der Waals surface area contributed by atoms with Gasteiger partial charge in [0.05, 0.1) is 24.8 Å². The minimum Gasteiger partial charge on any atom is -0.497 e. The monoisotopic (exact) mass is 438 g/mol. The van der Waals surface area contributed by atoms with Crippen LogP contribution in [0.5, 0.6) is 11.5 Å². The molecular weight excluding hydrogens is 416 g/mol. The Morgan fingerprint density at radius 2 is 1.52 bits per heavy atom. The van der Waals surface area contributed by atoms with Crippen molar-refractivity contribution in [2.24, 2.45) is 0 Å². The molecule has 0 aromatic heterocycles. The third-order valence-electron chi connectivity index (χ3n) is 5.18. The molecule has 8 heteroatoms. The van der Waals surface area contributed by atoms with Gasteiger partial charge in [0.25, 0.3) is 15.9 Å². The van der Waals surface area contributed by atoms with E-state index in [9.17, 15) is 13.2 Å². The van der Waals surface area contributed by atoms with Crippen LogP contribution < -0.4 is 19.1 Å². The van der Waals surface area contributed by atoms with Crippen LogP contribution in [0.15, 0.2) is 71.6 Å². The Hall–Kier alpha value is -3.52. The molecule has 0 saturated heterocycles. The van der Waals surface area contributed by atoms with Gasteiger partial charge in [0.1, 0.15) is 11.5 Å². The molecule has 0 spiro atoms. The second-order valence-electron chi connectivity index (χ2n) is 7.06. The average molecular weight is 439 g/mol. The van der Waals surface area contributed by atoms with Crippen LogP contribution in [0.2, 0.25) is 0 Å². The van der Waals surface area contributed by atoms with Gasteiger partial charge < -0.3 is 14.4 Å². The highest BCUT2D eigenvalue weighted by molar-refractivity contribution is 7.92. The van der Waals surface area contributed by atoms with Gasteiger partial charge in [-0.1, -0.05) is 6.07 Å². The van der Waals surface area contributed by atoms with Crippen LogP contribution in [0.3, 0.4) is 0 Å². The van der Waals surface area contributed by atoms with Gasteiger partial charge in [-0.25, -0.2) is 8.42 Å². The molecule has 4 rings (SSSR count). The van der Waals surface area contributed by atoms with Gasteiger partial charge in [-0.2, -0.15) is 0 Å². The number of hydrogen-bond donors (Lipinski definition) is 1. The number of hydrogen-bond acceptors (Lipinski definition) is 5. The topological polar surface area (TPSA) is 84.9 Å². The molecule has 1 aliphatic heterocycles. The lowest BCUT2D eigenvalue weighted by Crippen LogP contribution is -2.28. The quantitative estimate of drug-likeness (QED) is 0.634. The SMILES string of the molecule is COc1ccc(C(=O)N2CCc3ccc(NS(=O)(=O)c4ccc(OC)cc4)cc32)cc1. The van der Waals surface area contributed by atoms with E-state index in [2.05, 4.69) is 4.72 Å². The zero-order chi connectivity index (χ0) is 22.0. The van der Waals surface area contributed by atoms with Crippen molar-refractivity contribution in [2.45, 2.75) is 11.3 Å². The summed E-state index contributed by atoms with van der Waals surface area (Å²) in [6, 6.07) is 18.3. The van der Waals surface area contributed by atoms with Gasteiger partial charge in [-0.3, -0.25) is 9.52 Å². The van der Waals surface area contributed by atoms with Crippen molar-refractivity contribution in [1.29, 1.82) is 0 Å². The molecule has 0 saturated carbocycles. The fraction of sp³-hybridized carbons (Fsp3) is 0.174. The molecule has 1 heterocycles. The molecule has 160 valence electrons. The number of carbonyl (C=O) groups excluding carboxylic acids is 1. The molecule has 7 nitrogen and oxygen atoms in total. The molecule has 0 radical (unpaired) electrons. The van der Waals surface area contributed by atoms with Gasteiger partial charge >= 0.3 is 0 Å². The third-order valence-corrected chi connectivity index (χ3v) is 6.58. The maximum atomic E-state index is 13.0. The third kappa shape index (κ3) is 4.20. The largest absolute Gasteiger partial charge is 0.497 e. The molecule has 1 N–H and O–H groups in total.